The number of H-pyrrole nitrogens is 1. The van der Waals surface area contributed by atoms with Crippen LogP contribution in [0.2, 0.25) is 0 Å². The van der Waals surface area contributed by atoms with Crippen LogP contribution in [0.5, 0.6) is 5.88 Å². The van der Waals surface area contributed by atoms with Gasteiger partial charge >= 0.3 is 12.1 Å². The summed E-state index contributed by atoms with van der Waals surface area (Å²) in [5, 5.41) is 12.3. The highest BCUT2D eigenvalue weighted by Gasteiger charge is 2.26. The van der Waals surface area contributed by atoms with E-state index < -0.39 is 23.6 Å². The zero-order valence-corrected chi connectivity index (χ0v) is 28.5. The first kappa shape index (κ1) is 34.6. The smallest absolute Gasteiger partial charge is 0.407 e. The number of benzene rings is 2. The van der Waals surface area contributed by atoms with Gasteiger partial charge < -0.3 is 35.1 Å². The molecule has 1 unspecified atom stereocenters. The van der Waals surface area contributed by atoms with Gasteiger partial charge in [-0.05, 0) is 61.7 Å². The van der Waals surface area contributed by atoms with Gasteiger partial charge in [-0.2, -0.15) is 15.2 Å². The van der Waals surface area contributed by atoms with E-state index in [0.717, 1.165) is 32.1 Å². The number of likely N-dealkylation sites (N-methyl/N-ethyl adjacent to an activating group) is 1. The highest BCUT2D eigenvalue weighted by molar-refractivity contribution is 7.15. The number of alkyl carbamates (subject to hydrolysis) is 1. The summed E-state index contributed by atoms with van der Waals surface area (Å²) in [6, 6.07) is 21.7. The number of hydrogen-bond donors (Lipinski definition) is 3. The molecule has 0 spiro atoms. The standard InChI is InChI=1S/C35H38N8O5S/c1-35(2,3)48-32(44)25(18-36)17-27-13-14-28(49-27)24-9-11-26(12-10-24)43(4)15-16-46-34(45)38-19-22-5-7-23(8-6-22)20-47-31-29-30(40-21-39-29)41-33(37)42-31/h5-14,21,25H,15-17,19-20H2,1-4H3,(H,38,45)(H3,37,39,40,41,42). The third-order valence-corrected chi connectivity index (χ3v) is 8.43. The van der Waals surface area contributed by atoms with Gasteiger partial charge in [0.15, 0.2) is 5.65 Å². The van der Waals surface area contributed by atoms with Crippen LogP contribution in [-0.4, -0.2) is 57.8 Å². The third-order valence-electron chi connectivity index (χ3n) is 7.27. The van der Waals surface area contributed by atoms with Crippen molar-refractivity contribution in [3.63, 3.8) is 0 Å². The lowest BCUT2D eigenvalue weighted by Gasteiger charge is -2.21. The van der Waals surface area contributed by atoms with Gasteiger partial charge in [0.2, 0.25) is 11.8 Å². The molecule has 1 atom stereocenters. The number of nitrogen functional groups attached to an aromatic ring is 1. The monoisotopic (exact) mass is 682 g/mol. The summed E-state index contributed by atoms with van der Waals surface area (Å²) in [6.07, 6.45) is 1.32. The Bertz CT molecular complexity index is 1930. The minimum atomic E-state index is -0.850. The van der Waals surface area contributed by atoms with Crippen molar-refractivity contribution in [3.05, 3.63) is 83.0 Å². The van der Waals surface area contributed by atoms with E-state index in [1.165, 1.54) is 6.33 Å². The summed E-state index contributed by atoms with van der Waals surface area (Å²) >= 11 is 1.55. The topological polar surface area (TPSA) is 181 Å². The Labute approximate surface area is 288 Å². The summed E-state index contributed by atoms with van der Waals surface area (Å²) in [5.74, 6) is -0.942. The fourth-order valence-electron chi connectivity index (χ4n) is 4.74. The fraction of sp³-hybridized carbons (Fsp3) is 0.314. The molecule has 0 radical (unpaired) electrons. The van der Waals surface area contributed by atoms with Crippen molar-refractivity contribution in [1.29, 1.82) is 5.26 Å². The summed E-state index contributed by atoms with van der Waals surface area (Å²) in [7, 11) is 1.93. The molecule has 0 aliphatic carbocycles. The zero-order chi connectivity index (χ0) is 35.0. The molecule has 0 fully saturated rings. The van der Waals surface area contributed by atoms with Crippen LogP contribution >= 0.6 is 11.3 Å². The van der Waals surface area contributed by atoms with E-state index in [2.05, 4.69) is 31.3 Å². The van der Waals surface area contributed by atoms with Crippen molar-refractivity contribution < 1.29 is 23.8 Å². The van der Waals surface area contributed by atoms with Gasteiger partial charge in [-0.25, -0.2) is 9.78 Å². The number of nitrogens with two attached hydrogens (primary N) is 1. The number of fused-ring (bicyclic) bond motifs is 1. The number of carbonyl (C=O) groups is 2. The Morgan fingerprint density at radius 2 is 1.80 bits per heavy atom. The number of ether oxygens (including phenoxy) is 3. The molecule has 4 N–H and O–H groups in total. The predicted molar refractivity (Wildman–Crippen MR) is 187 cm³/mol. The lowest BCUT2D eigenvalue weighted by molar-refractivity contribution is -0.157. The molecule has 49 heavy (non-hydrogen) atoms. The number of aromatic amines is 1. The molecule has 14 heteroatoms. The van der Waals surface area contributed by atoms with Crippen LogP contribution < -0.4 is 20.7 Å². The number of anilines is 2. The van der Waals surface area contributed by atoms with Gasteiger partial charge in [-0.15, -0.1) is 11.3 Å². The van der Waals surface area contributed by atoms with Gasteiger partial charge in [-0.1, -0.05) is 36.4 Å². The maximum Gasteiger partial charge on any atom is 0.407 e. The molecule has 13 nitrogen and oxygen atoms in total. The van der Waals surface area contributed by atoms with Crippen LogP contribution in [0.15, 0.2) is 67.0 Å². The lowest BCUT2D eigenvalue weighted by Crippen LogP contribution is -2.29. The second-order valence-corrected chi connectivity index (χ2v) is 13.4. The van der Waals surface area contributed by atoms with E-state index >= 15 is 0 Å². The van der Waals surface area contributed by atoms with E-state index in [1.54, 1.807) is 32.1 Å². The van der Waals surface area contributed by atoms with E-state index in [4.69, 9.17) is 19.9 Å². The highest BCUT2D eigenvalue weighted by atomic mass is 32.1. The van der Waals surface area contributed by atoms with E-state index in [1.807, 2.05) is 72.6 Å². The number of rotatable bonds is 13. The van der Waals surface area contributed by atoms with Crippen LogP contribution in [0.25, 0.3) is 21.6 Å². The SMILES string of the molecule is CN(CCOC(=O)NCc1ccc(COc2nc(N)nc3nc[nH]c23)cc1)c1ccc(-c2ccc(CC(C#N)C(=O)OC(C)(C)C)s2)cc1. The second-order valence-electron chi connectivity index (χ2n) is 12.2. The third kappa shape index (κ3) is 9.68. The first-order valence-electron chi connectivity index (χ1n) is 15.6. The van der Waals surface area contributed by atoms with Gasteiger partial charge in [-0.3, -0.25) is 4.79 Å². The molecule has 254 valence electrons. The number of carbonyl (C=O) groups excluding carboxylic acids is 2. The first-order chi connectivity index (χ1) is 23.5. The van der Waals surface area contributed by atoms with Crippen LogP contribution in [-0.2, 0) is 33.8 Å². The summed E-state index contributed by atoms with van der Waals surface area (Å²) in [4.78, 5) is 43.9. The van der Waals surface area contributed by atoms with Crippen LogP contribution in [0.4, 0.5) is 16.4 Å². The van der Waals surface area contributed by atoms with E-state index in [9.17, 15) is 14.9 Å². The molecule has 3 heterocycles. The highest BCUT2D eigenvalue weighted by Crippen LogP contribution is 2.31. The molecule has 5 aromatic rings. The Morgan fingerprint density at radius 3 is 2.51 bits per heavy atom. The molecular weight excluding hydrogens is 645 g/mol. The minimum Gasteiger partial charge on any atom is -0.471 e. The molecule has 2 aromatic carbocycles. The molecule has 0 saturated carbocycles. The Kier molecular flexibility index (Phi) is 10.9. The van der Waals surface area contributed by atoms with Gasteiger partial charge in [0.1, 0.15) is 30.2 Å². The van der Waals surface area contributed by atoms with Crippen molar-refractivity contribution in [1.82, 2.24) is 25.3 Å². The molecule has 1 amide bonds. The van der Waals surface area contributed by atoms with Crippen molar-refractivity contribution in [3.8, 4) is 22.4 Å². The maximum absolute atomic E-state index is 12.4. The number of hydrogen-bond acceptors (Lipinski definition) is 12. The molecular formula is C35H38N8O5S. The van der Waals surface area contributed by atoms with Crippen molar-refractivity contribution in [2.45, 2.75) is 45.9 Å². The molecule has 0 bridgehead atoms. The summed E-state index contributed by atoms with van der Waals surface area (Å²) in [5.41, 5.74) is 9.94. The number of imidazole rings is 1. The van der Waals surface area contributed by atoms with Crippen LogP contribution in [0.3, 0.4) is 0 Å². The first-order valence-corrected chi connectivity index (χ1v) is 16.4. The van der Waals surface area contributed by atoms with Gasteiger partial charge in [0.25, 0.3) is 0 Å². The van der Waals surface area contributed by atoms with Crippen LogP contribution in [0, 0.1) is 17.2 Å². The number of amides is 1. The lowest BCUT2D eigenvalue weighted by atomic mass is 10.1. The quantitative estimate of drug-likeness (QED) is 0.131. The molecule has 0 aliphatic heterocycles. The number of nitriles is 1. The van der Waals surface area contributed by atoms with E-state index in [-0.39, 0.29) is 19.2 Å². The van der Waals surface area contributed by atoms with E-state index in [0.29, 0.717) is 36.6 Å². The van der Waals surface area contributed by atoms with Crippen molar-refractivity contribution in [2.75, 3.05) is 30.8 Å². The molecule has 0 aliphatic rings. The average Bonchev–Trinajstić information content (AvgIpc) is 3.75. The molecule has 5 rings (SSSR count). The second kappa shape index (κ2) is 15.5. The normalized spacial score (nSPS) is 11.8. The Hall–Kier alpha value is -5.68. The molecule has 3 aromatic heterocycles. The van der Waals surface area contributed by atoms with Crippen LogP contribution in [0.1, 0.15) is 36.8 Å². The average molecular weight is 683 g/mol. The maximum atomic E-state index is 12.4. The number of nitrogens with zero attached hydrogens (tertiary/aromatic N) is 5. The predicted octanol–water partition coefficient (Wildman–Crippen LogP) is 5.63. The van der Waals surface area contributed by atoms with Gasteiger partial charge in [0, 0.05) is 35.5 Å². The number of aromatic nitrogens is 4. The van der Waals surface area contributed by atoms with Gasteiger partial charge in [0.05, 0.1) is 18.9 Å². The summed E-state index contributed by atoms with van der Waals surface area (Å²) in [6.45, 7) is 6.67. The number of thiophene rings is 1. The largest absolute Gasteiger partial charge is 0.471 e. The fourth-order valence-corrected chi connectivity index (χ4v) is 5.80. The Morgan fingerprint density at radius 1 is 1.06 bits per heavy atom. The van der Waals surface area contributed by atoms with Crippen molar-refractivity contribution in [2.24, 2.45) is 5.92 Å². The van der Waals surface area contributed by atoms with Crippen molar-refractivity contribution >= 4 is 46.2 Å². The number of esters is 1. The summed E-state index contributed by atoms with van der Waals surface area (Å²) < 4.78 is 16.6. The number of nitrogens with one attached hydrogen (secondary N) is 2. The molecule has 0 saturated heterocycles. The Balaban J connectivity index is 1.02. The minimum absolute atomic E-state index is 0.0838. The zero-order valence-electron chi connectivity index (χ0n) is 27.7.